The molecule has 0 spiro atoms. The van der Waals surface area contributed by atoms with Crippen LogP contribution >= 0.6 is 11.8 Å². The van der Waals surface area contributed by atoms with Gasteiger partial charge in [0.15, 0.2) is 5.16 Å². The highest BCUT2D eigenvalue weighted by atomic mass is 32.2. The minimum atomic E-state index is -0.0544. The van der Waals surface area contributed by atoms with E-state index in [-0.39, 0.29) is 12.5 Å². The molecule has 0 aromatic carbocycles. The van der Waals surface area contributed by atoms with Gasteiger partial charge in [-0.1, -0.05) is 17.7 Å². The third kappa shape index (κ3) is 2.92. The first-order valence-electron chi connectivity index (χ1n) is 6.57. The van der Waals surface area contributed by atoms with E-state index in [0.29, 0.717) is 17.7 Å². The molecule has 0 atom stereocenters. The van der Waals surface area contributed by atoms with Gasteiger partial charge in [0.25, 0.3) is 0 Å². The fourth-order valence-electron chi connectivity index (χ4n) is 2.01. The van der Waals surface area contributed by atoms with E-state index in [9.17, 15) is 4.79 Å². The minimum Gasteiger partial charge on any atom is -0.344 e. The summed E-state index contributed by atoms with van der Waals surface area (Å²) >= 11 is 1.45. The van der Waals surface area contributed by atoms with Crippen LogP contribution in [0.15, 0.2) is 5.16 Å². The summed E-state index contributed by atoms with van der Waals surface area (Å²) in [6.45, 7) is 0.280. The van der Waals surface area contributed by atoms with Crippen molar-refractivity contribution in [2.75, 3.05) is 12.3 Å². The Balaban J connectivity index is 1.64. The molecule has 100 valence electrons. The van der Waals surface area contributed by atoms with Crippen LogP contribution in [0.3, 0.4) is 0 Å². The van der Waals surface area contributed by atoms with Crippen molar-refractivity contribution in [1.82, 2.24) is 20.1 Å². The molecule has 2 aliphatic carbocycles. The molecular weight excluding hydrogens is 260 g/mol. The van der Waals surface area contributed by atoms with Gasteiger partial charge >= 0.3 is 0 Å². The maximum absolute atomic E-state index is 11.5. The zero-order valence-corrected chi connectivity index (χ0v) is 11.4. The Morgan fingerprint density at radius 2 is 2.21 bits per heavy atom. The standard InChI is InChI=1S/C13H16N4OS/c1-2-7-14-11(18)8-19-13-16-15-12(9-3-4-9)17(13)10-5-6-10/h1,9-10H,3-8H2,(H,14,18). The third-order valence-electron chi connectivity index (χ3n) is 3.27. The van der Waals surface area contributed by atoms with Crippen molar-refractivity contribution >= 4 is 17.7 Å². The van der Waals surface area contributed by atoms with Crippen molar-refractivity contribution in [1.29, 1.82) is 0 Å². The molecule has 0 saturated heterocycles. The molecule has 0 aliphatic heterocycles. The van der Waals surface area contributed by atoms with Gasteiger partial charge in [0.1, 0.15) is 5.82 Å². The number of amides is 1. The number of terminal acetylenes is 1. The second-order valence-electron chi connectivity index (χ2n) is 4.99. The van der Waals surface area contributed by atoms with Crippen molar-refractivity contribution < 1.29 is 4.79 Å². The Kier molecular flexibility index (Phi) is 3.47. The summed E-state index contributed by atoms with van der Waals surface area (Å²) in [5.74, 6) is 4.39. The van der Waals surface area contributed by atoms with Crippen LogP contribution in [-0.4, -0.2) is 33.0 Å². The number of rotatable bonds is 6. The molecule has 1 aromatic rings. The lowest BCUT2D eigenvalue weighted by molar-refractivity contribution is -0.118. The lowest BCUT2D eigenvalue weighted by Crippen LogP contribution is -2.25. The molecule has 2 fully saturated rings. The Labute approximate surface area is 116 Å². The molecule has 1 aromatic heterocycles. The predicted molar refractivity (Wildman–Crippen MR) is 72.8 cm³/mol. The summed E-state index contributed by atoms with van der Waals surface area (Å²) in [6, 6.07) is 0.557. The first-order chi connectivity index (χ1) is 9.29. The molecule has 0 unspecified atom stereocenters. The second kappa shape index (κ2) is 5.25. The summed E-state index contributed by atoms with van der Waals surface area (Å²) in [5.41, 5.74) is 0. The van der Waals surface area contributed by atoms with Crippen molar-refractivity contribution in [3.8, 4) is 12.3 Å². The van der Waals surface area contributed by atoms with E-state index < -0.39 is 0 Å². The summed E-state index contributed by atoms with van der Waals surface area (Å²) in [7, 11) is 0. The number of aromatic nitrogens is 3. The summed E-state index contributed by atoms with van der Waals surface area (Å²) in [4.78, 5) is 11.5. The maximum atomic E-state index is 11.5. The monoisotopic (exact) mass is 276 g/mol. The van der Waals surface area contributed by atoms with Gasteiger partial charge in [-0.3, -0.25) is 4.79 Å². The van der Waals surface area contributed by atoms with E-state index in [1.807, 2.05) is 0 Å². The zero-order chi connectivity index (χ0) is 13.2. The van der Waals surface area contributed by atoms with E-state index in [4.69, 9.17) is 6.42 Å². The van der Waals surface area contributed by atoms with Crippen LogP contribution in [0.5, 0.6) is 0 Å². The zero-order valence-electron chi connectivity index (χ0n) is 10.6. The molecule has 5 nitrogen and oxygen atoms in total. The van der Waals surface area contributed by atoms with Gasteiger partial charge in [0.05, 0.1) is 12.3 Å². The van der Waals surface area contributed by atoms with Crippen LogP contribution in [-0.2, 0) is 4.79 Å². The van der Waals surface area contributed by atoms with Crippen molar-refractivity contribution in [3.63, 3.8) is 0 Å². The number of carbonyl (C=O) groups is 1. The Bertz CT molecular complexity index is 525. The molecule has 1 N–H and O–H groups in total. The highest BCUT2D eigenvalue weighted by Gasteiger charge is 2.36. The van der Waals surface area contributed by atoms with Crippen molar-refractivity contribution in [2.45, 2.75) is 42.8 Å². The largest absolute Gasteiger partial charge is 0.344 e. The van der Waals surface area contributed by atoms with Gasteiger partial charge in [-0.25, -0.2) is 0 Å². The molecule has 0 bridgehead atoms. The molecule has 2 saturated carbocycles. The lowest BCUT2D eigenvalue weighted by atomic mass is 10.4. The highest BCUT2D eigenvalue weighted by Crippen LogP contribution is 2.45. The summed E-state index contributed by atoms with van der Waals surface area (Å²) in [5, 5.41) is 12.1. The normalized spacial score (nSPS) is 18.1. The van der Waals surface area contributed by atoms with E-state index in [1.165, 1.54) is 37.4 Å². The van der Waals surface area contributed by atoms with Gasteiger partial charge < -0.3 is 9.88 Å². The topological polar surface area (TPSA) is 59.8 Å². The summed E-state index contributed by atoms with van der Waals surface area (Å²) < 4.78 is 2.25. The van der Waals surface area contributed by atoms with Crippen LogP contribution in [0.2, 0.25) is 0 Å². The van der Waals surface area contributed by atoms with Gasteiger partial charge in [-0.05, 0) is 25.7 Å². The van der Waals surface area contributed by atoms with Gasteiger partial charge in [-0.2, -0.15) is 0 Å². The van der Waals surface area contributed by atoms with E-state index in [1.54, 1.807) is 0 Å². The average molecular weight is 276 g/mol. The fraction of sp³-hybridized carbons (Fsp3) is 0.615. The van der Waals surface area contributed by atoms with Crippen molar-refractivity contribution in [2.24, 2.45) is 0 Å². The van der Waals surface area contributed by atoms with Crippen molar-refractivity contribution in [3.05, 3.63) is 5.82 Å². The van der Waals surface area contributed by atoms with Crippen LogP contribution in [0.4, 0.5) is 0 Å². The molecule has 1 heterocycles. The fourth-order valence-corrected chi connectivity index (χ4v) is 2.86. The molecule has 0 radical (unpaired) electrons. The van der Waals surface area contributed by atoms with E-state index in [2.05, 4.69) is 26.0 Å². The van der Waals surface area contributed by atoms with Crippen LogP contribution in [0.1, 0.15) is 43.5 Å². The van der Waals surface area contributed by atoms with Gasteiger partial charge in [-0.15, -0.1) is 16.6 Å². The number of hydrogen-bond acceptors (Lipinski definition) is 4. The quantitative estimate of drug-likeness (QED) is 0.629. The van der Waals surface area contributed by atoms with E-state index >= 15 is 0 Å². The molecule has 6 heteroatoms. The van der Waals surface area contributed by atoms with Crippen LogP contribution in [0, 0.1) is 12.3 Å². The Morgan fingerprint density at radius 1 is 1.42 bits per heavy atom. The van der Waals surface area contributed by atoms with E-state index in [0.717, 1.165) is 11.0 Å². The highest BCUT2D eigenvalue weighted by molar-refractivity contribution is 7.99. The molecular formula is C13H16N4OS. The summed E-state index contributed by atoms with van der Waals surface area (Å²) in [6.07, 6.45) is 9.95. The number of carbonyl (C=O) groups excluding carboxylic acids is 1. The SMILES string of the molecule is C#CCNC(=O)CSc1nnc(C2CC2)n1C1CC1. The lowest BCUT2D eigenvalue weighted by Gasteiger charge is -2.07. The average Bonchev–Trinajstić information content (AvgIpc) is 3.32. The maximum Gasteiger partial charge on any atom is 0.231 e. The molecule has 19 heavy (non-hydrogen) atoms. The van der Waals surface area contributed by atoms with Crippen LogP contribution in [0.25, 0.3) is 0 Å². The van der Waals surface area contributed by atoms with Gasteiger partial charge in [0.2, 0.25) is 5.91 Å². The number of thioether (sulfide) groups is 1. The molecule has 1 amide bonds. The Morgan fingerprint density at radius 3 is 2.84 bits per heavy atom. The number of hydrogen-bond donors (Lipinski definition) is 1. The first kappa shape index (κ1) is 12.5. The second-order valence-corrected chi connectivity index (χ2v) is 5.93. The number of nitrogens with one attached hydrogen (secondary N) is 1. The Hall–Kier alpha value is -1.48. The third-order valence-corrected chi connectivity index (χ3v) is 4.21. The predicted octanol–water partition coefficient (Wildman–Crippen LogP) is 1.33. The number of nitrogens with zero attached hydrogens (tertiary/aromatic N) is 3. The molecule has 2 aliphatic rings. The molecule has 3 rings (SSSR count). The van der Waals surface area contributed by atoms with Crippen LogP contribution < -0.4 is 5.32 Å². The smallest absolute Gasteiger partial charge is 0.231 e. The first-order valence-corrected chi connectivity index (χ1v) is 7.56. The van der Waals surface area contributed by atoms with Gasteiger partial charge in [0, 0.05) is 12.0 Å². The minimum absolute atomic E-state index is 0.0544.